The molecule has 0 fully saturated rings. The van der Waals surface area contributed by atoms with Gasteiger partial charge < -0.3 is 0 Å². The first kappa shape index (κ1) is 20.4. The van der Waals surface area contributed by atoms with Crippen LogP contribution in [0.3, 0.4) is 0 Å². The van der Waals surface area contributed by atoms with Crippen LogP contribution in [0, 0.1) is 27.2 Å². The molecule has 0 aliphatic carbocycles. The van der Waals surface area contributed by atoms with E-state index < -0.39 is 0 Å². The molecule has 0 bridgehead atoms. The van der Waals surface area contributed by atoms with Crippen LogP contribution in [0.15, 0.2) is 72.8 Å². The molecule has 0 amide bonds. The third kappa shape index (κ3) is 4.25. The van der Waals surface area contributed by atoms with E-state index in [9.17, 15) is 20.2 Å². The van der Waals surface area contributed by atoms with Crippen molar-refractivity contribution in [2.75, 3.05) is 0 Å². The van der Waals surface area contributed by atoms with Crippen LogP contribution in [-0.4, -0.2) is 9.85 Å². The summed E-state index contributed by atoms with van der Waals surface area (Å²) in [6.07, 6.45) is 0. The van der Waals surface area contributed by atoms with Crippen molar-refractivity contribution in [2.45, 2.75) is 12.3 Å². The van der Waals surface area contributed by atoms with Gasteiger partial charge in [-0.15, -0.1) is 0 Å². The summed E-state index contributed by atoms with van der Waals surface area (Å²) in [5.41, 5.74) is 2.46. The molecule has 0 aliphatic heterocycles. The quantitative estimate of drug-likeness (QED) is 0.190. The van der Waals surface area contributed by atoms with Gasteiger partial charge in [0.2, 0.25) is 0 Å². The van der Waals surface area contributed by atoms with E-state index >= 15 is 0 Å². The van der Waals surface area contributed by atoms with Crippen molar-refractivity contribution in [2.24, 2.45) is 0 Å². The first-order valence-corrected chi connectivity index (χ1v) is 9.90. The molecule has 4 rings (SSSR count). The van der Waals surface area contributed by atoms with Crippen LogP contribution in [-0.2, 0) is 5.33 Å². The van der Waals surface area contributed by atoms with Gasteiger partial charge >= 0.3 is 0 Å². The minimum Gasteiger partial charge on any atom is -0.258 e. The third-order valence-corrected chi connectivity index (χ3v) is 5.25. The van der Waals surface area contributed by atoms with Crippen LogP contribution in [0.25, 0.3) is 21.5 Å². The van der Waals surface area contributed by atoms with Crippen LogP contribution in [0.1, 0.15) is 12.6 Å². The van der Waals surface area contributed by atoms with Crippen molar-refractivity contribution in [3.63, 3.8) is 0 Å². The topological polar surface area (TPSA) is 86.3 Å². The second kappa shape index (κ2) is 8.79. The lowest BCUT2D eigenvalue weighted by Gasteiger charge is -2.03. The average molecular weight is 456 g/mol. The summed E-state index contributed by atoms with van der Waals surface area (Å²) < 4.78 is 0. The summed E-state index contributed by atoms with van der Waals surface area (Å²) in [6, 6.07) is 21.4. The third-order valence-electron chi connectivity index (χ3n) is 4.65. The van der Waals surface area contributed by atoms with E-state index in [0.29, 0.717) is 16.1 Å². The Kier molecular flexibility index (Phi) is 6.19. The van der Waals surface area contributed by atoms with Crippen molar-refractivity contribution in [3.05, 3.63) is 104 Å². The zero-order valence-corrected chi connectivity index (χ0v) is 17.1. The van der Waals surface area contributed by atoms with Crippen molar-refractivity contribution >= 4 is 48.8 Å². The average Bonchev–Trinajstić information content (AvgIpc) is 2.73. The summed E-state index contributed by atoms with van der Waals surface area (Å²) in [4.78, 5) is 20.8. The summed E-state index contributed by atoms with van der Waals surface area (Å²) >= 11 is 3.37. The zero-order valence-electron chi connectivity index (χ0n) is 15.5. The molecule has 0 radical (unpaired) electrons. The molecule has 4 aromatic rings. The number of hydrogen-bond donors (Lipinski definition) is 0. The van der Waals surface area contributed by atoms with Crippen LogP contribution < -0.4 is 0 Å². The van der Waals surface area contributed by atoms with Crippen LogP contribution >= 0.6 is 15.9 Å². The first-order chi connectivity index (χ1) is 13.9. The molecule has 0 atom stereocenters. The number of halogens is 1. The summed E-state index contributed by atoms with van der Waals surface area (Å²) in [5, 5.41) is 25.5. The van der Waals surface area contributed by atoms with Crippen molar-refractivity contribution in [1.82, 2.24) is 0 Å². The molecule has 0 heterocycles. The largest absolute Gasteiger partial charge is 0.277 e. The van der Waals surface area contributed by atoms with Crippen molar-refractivity contribution in [1.29, 1.82) is 0 Å². The molecule has 0 aliphatic rings. The molecule has 0 saturated heterocycles. The van der Waals surface area contributed by atoms with E-state index in [2.05, 4.69) is 15.9 Å². The van der Waals surface area contributed by atoms with E-state index in [4.69, 9.17) is 0 Å². The normalized spacial score (nSPS) is 10.4. The Hall–Kier alpha value is -3.32. The first-order valence-electron chi connectivity index (χ1n) is 8.77. The number of alkyl halides is 1. The highest BCUT2D eigenvalue weighted by molar-refractivity contribution is 9.08. The van der Waals surface area contributed by atoms with Gasteiger partial charge in [-0.2, -0.15) is 0 Å². The fourth-order valence-corrected chi connectivity index (χ4v) is 3.70. The van der Waals surface area contributed by atoms with Crippen LogP contribution in [0.4, 0.5) is 11.4 Å². The lowest BCUT2D eigenvalue weighted by molar-refractivity contribution is -0.383. The number of nitro benzene ring substituents is 2. The Labute approximate surface area is 176 Å². The SMILES string of the molecule is Cc1ccc([N+](=O)[O-])c2ccccc12.O=[N+]([O-])c1ccc(CBr)c2ccccc12.[2HH]. The van der Waals surface area contributed by atoms with Gasteiger partial charge in [-0.1, -0.05) is 64.5 Å². The fraction of sp³-hybridized carbons (Fsp3) is 0.0909. The number of fused-ring (bicyclic) bond motifs is 2. The molecular formula is C22H19BrN2O4. The maximum Gasteiger partial charge on any atom is 0.277 e. The summed E-state index contributed by atoms with van der Waals surface area (Å²) in [6.45, 7) is 1.95. The number of nitrogens with zero attached hydrogens (tertiary/aromatic N) is 2. The van der Waals surface area contributed by atoms with Gasteiger partial charge in [0.25, 0.3) is 11.4 Å². The Morgan fingerprint density at radius 3 is 1.69 bits per heavy atom. The van der Waals surface area contributed by atoms with Gasteiger partial charge in [-0.05, 0) is 41.0 Å². The van der Waals surface area contributed by atoms with E-state index in [0.717, 1.165) is 21.9 Å². The second-order valence-corrected chi connectivity index (χ2v) is 6.95. The lowest BCUT2D eigenvalue weighted by atomic mass is 10.0. The minimum atomic E-state index is -0.347. The molecule has 7 heteroatoms. The number of nitro groups is 2. The van der Waals surface area contributed by atoms with E-state index in [-0.39, 0.29) is 22.6 Å². The molecule has 0 unspecified atom stereocenters. The van der Waals surface area contributed by atoms with Crippen LogP contribution in [0.5, 0.6) is 0 Å². The standard InChI is InChI=1S/C11H8BrNO2.C11H9NO2.H2/c12-7-8-5-6-11(13(14)15)10-4-2-1-3-9(8)10;1-8-6-7-11(12(13)14)10-5-3-2-4-9(8)10;/h1-6H,7H2;2-7H,1H3;1H/i;;1+1. The predicted octanol–water partition coefficient (Wildman–Crippen LogP) is 6.95. The van der Waals surface area contributed by atoms with Gasteiger partial charge in [0.15, 0.2) is 0 Å². The van der Waals surface area contributed by atoms with Gasteiger partial charge in [0.1, 0.15) is 0 Å². The Morgan fingerprint density at radius 1 is 0.724 bits per heavy atom. The highest BCUT2D eigenvalue weighted by Gasteiger charge is 2.13. The van der Waals surface area contributed by atoms with Gasteiger partial charge in [0, 0.05) is 18.9 Å². The molecule has 0 aromatic heterocycles. The zero-order chi connectivity index (χ0) is 21.0. The summed E-state index contributed by atoms with van der Waals surface area (Å²) in [5.74, 6) is 0. The number of benzene rings is 4. The van der Waals surface area contributed by atoms with E-state index in [1.165, 1.54) is 0 Å². The molecule has 4 aromatic carbocycles. The van der Waals surface area contributed by atoms with Gasteiger partial charge in [0.05, 0.1) is 20.6 Å². The second-order valence-electron chi connectivity index (χ2n) is 6.38. The minimum absolute atomic E-state index is 0. The molecule has 0 saturated carbocycles. The molecule has 0 N–H and O–H groups in total. The monoisotopic (exact) mass is 455 g/mol. The van der Waals surface area contributed by atoms with Gasteiger partial charge in [-0.25, -0.2) is 0 Å². The smallest absolute Gasteiger partial charge is 0.258 e. The highest BCUT2D eigenvalue weighted by Crippen LogP contribution is 2.29. The van der Waals surface area contributed by atoms with Crippen molar-refractivity contribution < 1.29 is 11.3 Å². The molecular weight excluding hydrogens is 436 g/mol. The number of non-ortho nitro benzene ring substituents is 2. The number of aryl methyl sites for hydroxylation is 1. The summed E-state index contributed by atoms with van der Waals surface area (Å²) in [7, 11) is 0. The predicted molar refractivity (Wildman–Crippen MR) is 121 cm³/mol. The molecule has 29 heavy (non-hydrogen) atoms. The number of hydrogen-bond acceptors (Lipinski definition) is 4. The van der Waals surface area contributed by atoms with E-state index in [1.54, 1.807) is 36.4 Å². The Morgan fingerprint density at radius 2 is 1.17 bits per heavy atom. The van der Waals surface area contributed by atoms with E-state index in [1.807, 2.05) is 43.3 Å². The number of rotatable bonds is 3. The molecule has 0 spiro atoms. The van der Waals surface area contributed by atoms with Gasteiger partial charge in [-0.3, -0.25) is 20.2 Å². The highest BCUT2D eigenvalue weighted by atomic mass is 79.9. The van der Waals surface area contributed by atoms with Crippen LogP contribution in [0.2, 0.25) is 0 Å². The maximum absolute atomic E-state index is 10.8. The van der Waals surface area contributed by atoms with Crippen molar-refractivity contribution in [3.8, 4) is 0 Å². The molecule has 148 valence electrons. The fourth-order valence-electron chi connectivity index (χ4n) is 3.21. The lowest BCUT2D eigenvalue weighted by Crippen LogP contribution is -1.91. The molecule has 6 nitrogen and oxygen atoms in total. The maximum atomic E-state index is 10.8. The Bertz CT molecular complexity index is 1230. The Balaban J connectivity index is 0.000000207.